The van der Waals surface area contributed by atoms with Crippen LogP contribution in [0.15, 0.2) is 12.4 Å². The summed E-state index contributed by atoms with van der Waals surface area (Å²) in [5.41, 5.74) is 0.393. The Bertz CT molecular complexity index is 548. The highest BCUT2D eigenvalue weighted by molar-refractivity contribution is 5.92. The van der Waals surface area contributed by atoms with Gasteiger partial charge in [0.2, 0.25) is 6.41 Å². The van der Waals surface area contributed by atoms with Crippen LogP contribution in [0.5, 0.6) is 0 Å². The second-order valence-corrected chi connectivity index (χ2v) is 5.98. The van der Waals surface area contributed by atoms with Gasteiger partial charge in [-0.25, -0.2) is 9.97 Å². The number of likely N-dealkylation sites (N-methyl/N-ethyl adjacent to an activating group) is 1. The van der Waals surface area contributed by atoms with Crippen LogP contribution >= 0.6 is 0 Å². The van der Waals surface area contributed by atoms with Crippen molar-refractivity contribution in [2.75, 3.05) is 64.3 Å². The lowest BCUT2D eigenvalue weighted by Crippen LogP contribution is -2.47. The number of carbonyl (C=O) groups is 2. The fraction of sp³-hybridized carbons (Fsp3) is 0.600. The highest BCUT2D eigenvalue weighted by Crippen LogP contribution is 2.13. The number of aromatic nitrogens is 2. The van der Waals surface area contributed by atoms with E-state index in [1.54, 1.807) is 17.3 Å². The molecule has 0 aliphatic carbocycles. The van der Waals surface area contributed by atoms with Gasteiger partial charge in [-0.05, 0) is 7.05 Å². The van der Waals surface area contributed by atoms with Crippen LogP contribution in [-0.2, 0) is 4.79 Å². The van der Waals surface area contributed by atoms with E-state index in [-0.39, 0.29) is 5.91 Å². The topological polar surface area (TPSA) is 72.9 Å². The maximum absolute atomic E-state index is 12.4. The molecule has 1 aromatic heterocycles. The lowest BCUT2D eigenvalue weighted by atomic mass is 10.3. The van der Waals surface area contributed by atoms with E-state index in [2.05, 4.69) is 26.8 Å². The first-order valence-electron chi connectivity index (χ1n) is 7.91. The second kappa shape index (κ2) is 6.91. The SMILES string of the molecule is CN1CCN(C(=O)c2cnc(N3CCN(C=O)CC3)cn2)CC1. The zero-order chi connectivity index (χ0) is 16.2. The molecule has 3 rings (SSSR count). The van der Waals surface area contributed by atoms with Crippen LogP contribution in [0, 0.1) is 0 Å². The summed E-state index contributed by atoms with van der Waals surface area (Å²) in [6, 6.07) is 0. The van der Waals surface area contributed by atoms with Gasteiger partial charge in [-0.2, -0.15) is 0 Å². The molecule has 0 saturated carbocycles. The van der Waals surface area contributed by atoms with Gasteiger partial charge in [-0.1, -0.05) is 0 Å². The zero-order valence-electron chi connectivity index (χ0n) is 13.4. The van der Waals surface area contributed by atoms with Crippen molar-refractivity contribution in [1.29, 1.82) is 0 Å². The lowest BCUT2D eigenvalue weighted by Gasteiger charge is -2.33. The Morgan fingerprint density at radius 1 is 1.00 bits per heavy atom. The van der Waals surface area contributed by atoms with Crippen molar-refractivity contribution in [2.45, 2.75) is 0 Å². The molecule has 124 valence electrons. The summed E-state index contributed by atoms with van der Waals surface area (Å²) in [7, 11) is 2.06. The third-order valence-electron chi connectivity index (χ3n) is 4.44. The zero-order valence-corrected chi connectivity index (χ0v) is 13.4. The Hall–Kier alpha value is -2.22. The minimum absolute atomic E-state index is 0.0528. The highest BCUT2D eigenvalue weighted by Gasteiger charge is 2.22. The normalized spacial score (nSPS) is 19.8. The highest BCUT2D eigenvalue weighted by atomic mass is 16.2. The minimum Gasteiger partial charge on any atom is -0.352 e. The molecule has 23 heavy (non-hydrogen) atoms. The Labute approximate surface area is 135 Å². The average Bonchev–Trinajstić information content (AvgIpc) is 2.62. The third kappa shape index (κ3) is 3.58. The predicted molar refractivity (Wildman–Crippen MR) is 85.3 cm³/mol. The summed E-state index contributed by atoms with van der Waals surface area (Å²) in [5.74, 6) is 0.702. The Morgan fingerprint density at radius 2 is 1.70 bits per heavy atom. The quantitative estimate of drug-likeness (QED) is 0.676. The largest absolute Gasteiger partial charge is 0.352 e. The van der Waals surface area contributed by atoms with Gasteiger partial charge >= 0.3 is 0 Å². The van der Waals surface area contributed by atoms with E-state index in [0.29, 0.717) is 18.8 Å². The van der Waals surface area contributed by atoms with Crippen molar-refractivity contribution < 1.29 is 9.59 Å². The number of rotatable bonds is 3. The smallest absolute Gasteiger partial charge is 0.274 e. The maximum Gasteiger partial charge on any atom is 0.274 e. The summed E-state index contributed by atoms with van der Waals surface area (Å²) in [5, 5.41) is 0. The van der Waals surface area contributed by atoms with Gasteiger partial charge in [0.25, 0.3) is 5.91 Å². The van der Waals surface area contributed by atoms with Crippen LogP contribution < -0.4 is 4.90 Å². The van der Waals surface area contributed by atoms with Gasteiger partial charge < -0.3 is 19.6 Å². The van der Waals surface area contributed by atoms with Crippen molar-refractivity contribution >= 4 is 18.1 Å². The van der Waals surface area contributed by atoms with E-state index >= 15 is 0 Å². The Balaban J connectivity index is 1.61. The van der Waals surface area contributed by atoms with Crippen LogP contribution in [0.25, 0.3) is 0 Å². The molecular formula is C15H22N6O2. The molecule has 1 aromatic rings. The molecule has 0 N–H and O–H groups in total. The number of amides is 2. The molecule has 0 radical (unpaired) electrons. The van der Waals surface area contributed by atoms with Gasteiger partial charge in [-0.3, -0.25) is 9.59 Å². The molecule has 0 bridgehead atoms. The number of anilines is 1. The van der Waals surface area contributed by atoms with Crippen molar-refractivity contribution in [1.82, 2.24) is 24.7 Å². The number of hydrogen-bond acceptors (Lipinski definition) is 6. The molecule has 0 unspecified atom stereocenters. The summed E-state index contributed by atoms with van der Waals surface area (Å²) < 4.78 is 0. The minimum atomic E-state index is -0.0528. The number of carbonyl (C=O) groups excluding carboxylic acids is 2. The summed E-state index contributed by atoms with van der Waals surface area (Å²) in [6.07, 6.45) is 4.09. The number of piperazine rings is 2. The third-order valence-corrected chi connectivity index (χ3v) is 4.44. The lowest BCUT2D eigenvalue weighted by molar-refractivity contribution is -0.118. The number of hydrogen-bond donors (Lipinski definition) is 0. The fourth-order valence-corrected chi connectivity index (χ4v) is 2.82. The van der Waals surface area contributed by atoms with Gasteiger partial charge in [-0.15, -0.1) is 0 Å². The predicted octanol–water partition coefficient (Wildman–Crippen LogP) is -0.857. The second-order valence-electron chi connectivity index (χ2n) is 5.98. The summed E-state index contributed by atoms with van der Waals surface area (Å²) >= 11 is 0. The van der Waals surface area contributed by atoms with Gasteiger partial charge in [0.15, 0.2) is 0 Å². The molecule has 2 amide bonds. The van der Waals surface area contributed by atoms with Crippen LogP contribution in [-0.4, -0.2) is 96.4 Å². The van der Waals surface area contributed by atoms with Crippen LogP contribution in [0.2, 0.25) is 0 Å². The molecule has 0 atom stereocenters. The molecule has 0 spiro atoms. The molecule has 2 saturated heterocycles. The van der Waals surface area contributed by atoms with Gasteiger partial charge in [0.05, 0.1) is 12.4 Å². The standard InChI is InChI=1S/C15H22N6O2/c1-18-2-6-21(7-3-18)15(23)13-10-17-14(11-16-13)20-8-4-19(12-22)5-9-20/h10-12H,2-9H2,1H3. The van der Waals surface area contributed by atoms with Crippen molar-refractivity contribution in [3.05, 3.63) is 18.1 Å². The monoisotopic (exact) mass is 318 g/mol. The molecule has 0 aromatic carbocycles. The van der Waals surface area contributed by atoms with Crippen LogP contribution in [0.4, 0.5) is 5.82 Å². The number of nitrogens with zero attached hydrogens (tertiary/aromatic N) is 6. The van der Waals surface area contributed by atoms with Crippen molar-refractivity contribution in [3.63, 3.8) is 0 Å². The van der Waals surface area contributed by atoms with E-state index in [9.17, 15) is 9.59 Å². The molecule has 2 fully saturated rings. The molecule has 3 heterocycles. The van der Waals surface area contributed by atoms with E-state index in [0.717, 1.165) is 51.5 Å². The average molecular weight is 318 g/mol. The fourth-order valence-electron chi connectivity index (χ4n) is 2.82. The molecule has 8 heteroatoms. The Kier molecular flexibility index (Phi) is 4.71. The summed E-state index contributed by atoms with van der Waals surface area (Å²) in [4.78, 5) is 39.7. The van der Waals surface area contributed by atoms with E-state index < -0.39 is 0 Å². The van der Waals surface area contributed by atoms with Crippen molar-refractivity contribution in [2.24, 2.45) is 0 Å². The van der Waals surface area contributed by atoms with Crippen molar-refractivity contribution in [3.8, 4) is 0 Å². The van der Waals surface area contributed by atoms with Crippen LogP contribution in [0.3, 0.4) is 0 Å². The maximum atomic E-state index is 12.4. The molecule has 2 aliphatic rings. The van der Waals surface area contributed by atoms with E-state index in [4.69, 9.17) is 0 Å². The first kappa shape index (κ1) is 15.7. The van der Waals surface area contributed by atoms with E-state index in [1.165, 1.54) is 0 Å². The molecule has 8 nitrogen and oxygen atoms in total. The van der Waals surface area contributed by atoms with Gasteiger partial charge in [0.1, 0.15) is 11.5 Å². The Morgan fingerprint density at radius 3 is 2.26 bits per heavy atom. The molecular weight excluding hydrogens is 296 g/mol. The van der Waals surface area contributed by atoms with E-state index in [1.807, 2.05) is 4.90 Å². The summed E-state index contributed by atoms with van der Waals surface area (Å²) in [6.45, 7) is 6.08. The van der Waals surface area contributed by atoms with Gasteiger partial charge in [0, 0.05) is 52.4 Å². The first-order valence-corrected chi connectivity index (χ1v) is 7.91. The molecule has 2 aliphatic heterocycles. The first-order chi connectivity index (χ1) is 11.2. The van der Waals surface area contributed by atoms with Crippen LogP contribution in [0.1, 0.15) is 10.5 Å².